The molecular weight excluding hydrogens is 341 g/mol. The zero-order valence-corrected chi connectivity index (χ0v) is 12.9. The number of rotatable bonds is 6. The monoisotopic (exact) mass is 356 g/mol. The first-order valence-electron chi connectivity index (χ1n) is 7.43. The number of nitrogens with one attached hydrogen (secondary N) is 2. The van der Waals surface area contributed by atoms with Crippen LogP contribution in [0.5, 0.6) is 11.5 Å². The van der Waals surface area contributed by atoms with Crippen LogP contribution in [0.4, 0.5) is 30.6 Å². The summed E-state index contributed by atoms with van der Waals surface area (Å²) in [6, 6.07) is 5.72. The van der Waals surface area contributed by atoms with Crippen molar-refractivity contribution >= 4 is 17.5 Å². The smallest absolute Gasteiger partial charge is 0.433 e. The largest absolute Gasteiger partial charge is 0.454 e. The third kappa shape index (κ3) is 4.21. The maximum Gasteiger partial charge on any atom is 0.433 e. The Morgan fingerprint density at radius 2 is 1.92 bits per heavy atom. The van der Waals surface area contributed by atoms with Crippen molar-refractivity contribution in [3.8, 4) is 11.5 Å². The van der Waals surface area contributed by atoms with Gasteiger partial charge in [-0.15, -0.1) is 0 Å². The molecule has 3 rings (SSSR count). The molecule has 3 N–H and O–H groups in total. The van der Waals surface area contributed by atoms with Crippen LogP contribution in [0, 0.1) is 0 Å². The van der Waals surface area contributed by atoms with Crippen molar-refractivity contribution in [3.05, 3.63) is 30.0 Å². The maximum absolute atomic E-state index is 13.0. The quantitative estimate of drug-likeness (QED) is 0.686. The molecule has 1 aromatic carbocycles. The van der Waals surface area contributed by atoms with Crippen molar-refractivity contribution < 1.29 is 27.8 Å². The normalized spacial score (nSPS) is 13.0. The molecule has 134 valence electrons. The number of anilines is 3. The standard InChI is InChI=1S/C15H15F3N4O3/c16-15(17,18)12-7-13(22-14(21-12)19-4-1-5-23)20-9-2-3-10-11(6-9)25-8-24-10/h2-3,6-7,23H,1,4-5,8H2,(H2,19,20,21,22). The van der Waals surface area contributed by atoms with Gasteiger partial charge in [0.1, 0.15) is 5.82 Å². The zero-order valence-electron chi connectivity index (χ0n) is 12.9. The summed E-state index contributed by atoms with van der Waals surface area (Å²) >= 11 is 0. The van der Waals surface area contributed by atoms with E-state index in [-0.39, 0.29) is 31.7 Å². The van der Waals surface area contributed by atoms with E-state index in [1.54, 1.807) is 18.2 Å². The minimum Gasteiger partial charge on any atom is -0.454 e. The first-order valence-corrected chi connectivity index (χ1v) is 7.43. The van der Waals surface area contributed by atoms with Crippen LogP contribution in [-0.4, -0.2) is 35.0 Å². The third-order valence-corrected chi connectivity index (χ3v) is 3.28. The first-order chi connectivity index (χ1) is 12.0. The lowest BCUT2D eigenvalue weighted by Gasteiger charge is -2.13. The summed E-state index contributed by atoms with van der Waals surface area (Å²) in [5, 5.41) is 14.2. The van der Waals surface area contributed by atoms with Crippen molar-refractivity contribution in [2.75, 3.05) is 30.6 Å². The van der Waals surface area contributed by atoms with Crippen LogP contribution >= 0.6 is 0 Å². The molecule has 0 fully saturated rings. The topological polar surface area (TPSA) is 88.5 Å². The lowest BCUT2D eigenvalue weighted by molar-refractivity contribution is -0.141. The SMILES string of the molecule is OCCCNc1nc(Nc2ccc3c(c2)OCO3)cc(C(F)(F)F)n1. The van der Waals surface area contributed by atoms with Gasteiger partial charge in [-0.25, -0.2) is 4.98 Å². The average Bonchev–Trinajstić information content (AvgIpc) is 3.02. The molecule has 0 aliphatic carbocycles. The minimum atomic E-state index is -4.61. The minimum absolute atomic E-state index is 0.0207. The van der Waals surface area contributed by atoms with Gasteiger partial charge in [0, 0.05) is 31.0 Å². The van der Waals surface area contributed by atoms with Gasteiger partial charge in [-0.05, 0) is 18.6 Å². The van der Waals surface area contributed by atoms with E-state index in [9.17, 15) is 13.2 Å². The number of hydrogen-bond acceptors (Lipinski definition) is 7. The molecule has 0 radical (unpaired) electrons. The summed E-state index contributed by atoms with van der Waals surface area (Å²) in [5.41, 5.74) is -0.574. The first kappa shape index (κ1) is 17.1. The van der Waals surface area contributed by atoms with Crippen LogP contribution in [0.15, 0.2) is 24.3 Å². The number of alkyl halides is 3. The van der Waals surface area contributed by atoms with Crippen molar-refractivity contribution in [1.82, 2.24) is 9.97 Å². The highest BCUT2D eigenvalue weighted by molar-refractivity contribution is 5.62. The van der Waals surface area contributed by atoms with E-state index in [0.29, 0.717) is 23.6 Å². The molecule has 2 heterocycles. The average molecular weight is 356 g/mol. The Hall–Kier alpha value is -2.75. The second kappa shape index (κ2) is 7.01. The van der Waals surface area contributed by atoms with Crippen molar-refractivity contribution in [2.45, 2.75) is 12.6 Å². The van der Waals surface area contributed by atoms with Gasteiger partial charge in [-0.3, -0.25) is 0 Å². The number of aliphatic hydroxyl groups is 1. The number of hydrogen-bond donors (Lipinski definition) is 3. The van der Waals surface area contributed by atoms with Gasteiger partial charge in [0.25, 0.3) is 0 Å². The predicted octanol–water partition coefficient (Wildman–Crippen LogP) is 2.76. The fourth-order valence-corrected chi connectivity index (χ4v) is 2.14. The molecule has 0 amide bonds. The summed E-state index contributed by atoms with van der Waals surface area (Å²) in [5.74, 6) is 0.867. The van der Waals surface area contributed by atoms with E-state index in [1.807, 2.05) is 0 Å². The Kier molecular flexibility index (Phi) is 4.79. The Balaban J connectivity index is 1.84. The fourth-order valence-electron chi connectivity index (χ4n) is 2.14. The molecule has 7 nitrogen and oxygen atoms in total. The zero-order chi connectivity index (χ0) is 17.9. The predicted molar refractivity (Wildman–Crippen MR) is 83.1 cm³/mol. The Bertz CT molecular complexity index is 755. The Labute approximate surface area is 140 Å². The molecular formula is C15H15F3N4O3. The summed E-state index contributed by atoms with van der Waals surface area (Å²) in [4.78, 5) is 7.48. The van der Waals surface area contributed by atoms with Gasteiger partial charge < -0.3 is 25.2 Å². The summed E-state index contributed by atoms with van der Waals surface area (Å²) in [7, 11) is 0. The van der Waals surface area contributed by atoms with Crippen LogP contribution in [0.3, 0.4) is 0 Å². The molecule has 0 atom stereocenters. The van der Waals surface area contributed by atoms with Gasteiger partial charge in [0.05, 0.1) is 0 Å². The van der Waals surface area contributed by atoms with Crippen LogP contribution in [0.1, 0.15) is 12.1 Å². The molecule has 1 aliphatic rings. The number of benzene rings is 1. The molecule has 25 heavy (non-hydrogen) atoms. The van der Waals surface area contributed by atoms with Crippen molar-refractivity contribution in [1.29, 1.82) is 0 Å². The lowest BCUT2D eigenvalue weighted by atomic mass is 10.2. The summed E-state index contributed by atoms with van der Waals surface area (Å²) in [6.07, 6.45) is -4.24. The fraction of sp³-hybridized carbons (Fsp3) is 0.333. The van der Waals surface area contributed by atoms with E-state index < -0.39 is 11.9 Å². The summed E-state index contributed by atoms with van der Waals surface area (Å²) in [6.45, 7) is 0.263. The number of ether oxygens (including phenoxy) is 2. The van der Waals surface area contributed by atoms with Crippen LogP contribution in [0.2, 0.25) is 0 Å². The van der Waals surface area contributed by atoms with E-state index in [2.05, 4.69) is 20.6 Å². The number of aliphatic hydroxyl groups excluding tert-OH is 1. The molecule has 0 saturated carbocycles. The van der Waals surface area contributed by atoms with Crippen molar-refractivity contribution in [2.24, 2.45) is 0 Å². The Morgan fingerprint density at radius 3 is 2.68 bits per heavy atom. The van der Waals surface area contributed by atoms with Gasteiger partial charge in [-0.1, -0.05) is 0 Å². The molecule has 2 aromatic rings. The molecule has 1 aromatic heterocycles. The van der Waals surface area contributed by atoms with Crippen molar-refractivity contribution in [3.63, 3.8) is 0 Å². The number of fused-ring (bicyclic) bond motifs is 1. The number of aromatic nitrogens is 2. The van der Waals surface area contributed by atoms with Crippen LogP contribution in [0.25, 0.3) is 0 Å². The second-order valence-corrected chi connectivity index (χ2v) is 5.16. The second-order valence-electron chi connectivity index (χ2n) is 5.16. The molecule has 1 aliphatic heterocycles. The Morgan fingerprint density at radius 1 is 1.12 bits per heavy atom. The molecule has 0 saturated heterocycles. The van der Waals surface area contributed by atoms with Gasteiger partial charge in [-0.2, -0.15) is 18.2 Å². The van der Waals surface area contributed by atoms with Crippen LogP contribution < -0.4 is 20.1 Å². The maximum atomic E-state index is 13.0. The number of nitrogens with zero attached hydrogens (tertiary/aromatic N) is 2. The van der Waals surface area contributed by atoms with E-state index in [1.165, 1.54) is 0 Å². The highest BCUT2D eigenvalue weighted by Crippen LogP contribution is 2.35. The van der Waals surface area contributed by atoms with Crippen LogP contribution in [-0.2, 0) is 6.18 Å². The third-order valence-electron chi connectivity index (χ3n) is 3.28. The van der Waals surface area contributed by atoms with E-state index in [0.717, 1.165) is 6.07 Å². The highest BCUT2D eigenvalue weighted by atomic mass is 19.4. The van der Waals surface area contributed by atoms with E-state index in [4.69, 9.17) is 14.6 Å². The number of halogens is 3. The van der Waals surface area contributed by atoms with Gasteiger partial charge in [0.2, 0.25) is 12.7 Å². The molecule has 0 bridgehead atoms. The van der Waals surface area contributed by atoms with Gasteiger partial charge >= 0.3 is 6.18 Å². The highest BCUT2D eigenvalue weighted by Gasteiger charge is 2.33. The molecule has 0 spiro atoms. The van der Waals surface area contributed by atoms with E-state index >= 15 is 0 Å². The van der Waals surface area contributed by atoms with Gasteiger partial charge in [0.15, 0.2) is 17.2 Å². The molecule has 0 unspecified atom stereocenters. The molecule has 10 heteroatoms. The summed E-state index contributed by atoms with van der Waals surface area (Å²) < 4.78 is 49.5. The lowest BCUT2D eigenvalue weighted by Crippen LogP contribution is -2.14.